The minimum Gasteiger partial charge on any atom is -0.508 e. The van der Waals surface area contributed by atoms with Crippen molar-refractivity contribution in [3.63, 3.8) is 0 Å². The lowest BCUT2D eigenvalue weighted by Gasteiger charge is -2.20. The van der Waals surface area contributed by atoms with Crippen molar-refractivity contribution in [1.29, 1.82) is 0 Å². The largest absolute Gasteiger partial charge is 0.508 e. The highest BCUT2D eigenvalue weighted by Gasteiger charge is 2.35. The van der Waals surface area contributed by atoms with Gasteiger partial charge < -0.3 is 15.3 Å². The standard InChI is InChI=1S/C17H12O6/c1-7(18)2-8-3-10-14(12(20)4-8)17(23)15-11(16(10)22)5-9(19)6-13(15)21/h3-6,19-21H,2H2,1H3. The van der Waals surface area contributed by atoms with Crippen LogP contribution in [0.3, 0.4) is 0 Å². The summed E-state index contributed by atoms with van der Waals surface area (Å²) in [5.41, 5.74) is -0.253. The Morgan fingerprint density at radius 2 is 1.43 bits per heavy atom. The van der Waals surface area contributed by atoms with Crippen LogP contribution in [-0.2, 0) is 11.2 Å². The number of Topliss-reactive ketones (excluding diaryl/α,β-unsaturated/α-hetero) is 1. The molecule has 0 heterocycles. The SMILES string of the molecule is CC(=O)Cc1cc(O)c2c(c1)C(=O)c1cc(O)cc(O)c1C2=O. The van der Waals surface area contributed by atoms with E-state index in [2.05, 4.69) is 0 Å². The topological polar surface area (TPSA) is 112 Å². The minimum absolute atomic E-state index is 0.0143. The fourth-order valence-corrected chi connectivity index (χ4v) is 2.79. The lowest BCUT2D eigenvalue weighted by Crippen LogP contribution is -2.21. The Hall–Kier alpha value is -3.15. The molecule has 6 heteroatoms. The fraction of sp³-hybridized carbons (Fsp3) is 0.118. The minimum atomic E-state index is -0.709. The number of aromatic hydroxyl groups is 3. The van der Waals surface area contributed by atoms with Crippen LogP contribution < -0.4 is 0 Å². The molecular formula is C17H12O6. The maximum Gasteiger partial charge on any atom is 0.201 e. The summed E-state index contributed by atoms with van der Waals surface area (Å²) in [6.45, 7) is 1.37. The molecule has 0 radical (unpaired) electrons. The van der Waals surface area contributed by atoms with E-state index < -0.39 is 23.1 Å². The van der Waals surface area contributed by atoms with E-state index in [1.165, 1.54) is 19.1 Å². The molecule has 0 saturated heterocycles. The number of fused-ring (bicyclic) bond motifs is 2. The lowest BCUT2D eigenvalue weighted by atomic mass is 9.82. The number of carbonyl (C=O) groups is 3. The summed E-state index contributed by atoms with van der Waals surface area (Å²) in [4.78, 5) is 36.3. The van der Waals surface area contributed by atoms with E-state index in [0.29, 0.717) is 5.56 Å². The quantitative estimate of drug-likeness (QED) is 0.664. The van der Waals surface area contributed by atoms with Gasteiger partial charge in [0.2, 0.25) is 5.78 Å². The van der Waals surface area contributed by atoms with Gasteiger partial charge in [-0.25, -0.2) is 0 Å². The Bertz CT molecular complexity index is 894. The number of ketones is 3. The summed E-state index contributed by atoms with van der Waals surface area (Å²) in [5, 5.41) is 29.5. The monoisotopic (exact) mass is 312 g/mol. The third-order valence-corrected chi connectivity index (χ3v) is 3.68. The molecule has 0 saturated carbocycles. The number of rotatable bonds is 2. The molecule has 2 aromatic carbocycles. The second-order valence-corrected chi connectivity index (χ2v) is 5.46. The van der Waals surface area contributed by atoms with Crippen LogP contribution in [0.15, 0.2) is 24.3 Å². The van der Waals surface area contributed by atoms with Gasteiger partial charge in [0.1, 0.15) is 23.0 Å². The summed E-state index contributed by atoms with van der Waals surface area (Å²) >= 11 is 0. The summed E-state index contributed by atoms with van der Waals surface area (Å²) in [6, 6.07) is 4.68. The van der Waals surface area contributed by atoms with E-state index in [1.807, 2.05) is 0 Å². The molecule has 0 aromatic heterocycles. The Kier molecular flexibility index (Phi) is 3.18. The van der Waals surface area contributed by atoms with Crippen molar-refractivity contribution in [2.75, 3.05) is 0 Å². The first-order valence-electron chi connectivity index (χ1n) is 6.80. The Labute approximate surface area is 130 Å². The van der Waals surface area contributed by atoms with E-state index in [-0.39, 0.29) is 40.2 Å². The molecule has 3 rings (SSSR count). The average Bonchev–Trinajstić information content (AvgIpc) is 2.42. The number of phenols is 3. The molecule has 0 bridgehead atoms. The summed E-state index contributed by atoms with van der Waals surface area (Å²) < 4.78 is 0. The van der Waals surface area contributed by atoms with Gasteiger partial charge in [-0.3, -0.25) is 14.4 Å². The van der Waals surface area contributed by atoms with Crippen molar-refractivity contribution in [3.05, 3.63) is 52.1 Å². The molecule has 3 N–H and O–H groups in total. The number of hydrogen-bond acceptors (Lipinski definition) is 6. The number of phenolic OH excluding ortho intramolecular Hbond substituents is 3. The maximum atomic E-state index is 12.6. The zero-order valence-corrected chi connectivity index (χ0v) is 12.1. The van der Waals surface area contributed by atoms with Crippen LogP contribution in [0.1, 0.15) is 44.3 Å². The third-order valence-electron chi connectivity index (χ3n) is 3.68. The first-order chi connectivity index (χ1) is 10.8. The van der Waals surface area contributed by atoms with Gasteiger partial charge in [0, 0.05) is 23.6 Å². The molecule has 0 spiro atoms. The molecule has 1 aliphatic carbocycles. The van der Waals surface area contributed by atoms with E-state index in [9.17, 15) is 29.7 Å². The lowest BCUT2D eigenvalue weighted by molar-refractivity contribution is -0.116. The second-order valence-electron chi connectivity index (χ2n) is 5.46. The zero-order chi connectivity index (χ0) is 16.9. The predicted octanol–water partition coefficient (Wildman–Crippen LogP) is 1.71. The summed E-state index contributed by atoms with van der Waals surface area (Å²) in [6.07, 6.45) is 0.0143. The normalized spacial score (nSPS) is 12.7. The first-order valence-corrected chi connectivity index (χ1v) is 6.80. The Balaban J connectivity index is 2.27. The van der Waals surface area contributed by atoms with Gasteiger partial charge in [-0.05, 0) is 30.7 Å². The van der Waals surface area contributed by atoms with Crippen molar-refractivity contribution in [3.8, 4) is 17.2 Å². The van der Waals surface area contributed by atoms with Crippen LogP contribution >= 0.6 is 0 Å². The van der Waals surface area contributed by atoms with Gasteiger partial charge in [0.05, 0.1) is 11.1 Å². The molecule has 0 fully saturated rings. The average molecular weight is 312 g/mol. The van der Waals surface area contributed by atoms with Crippen molar-refractivity contribution in [1.82, 2.24) is 0 Å². The maximum absolute atomic E-state index is 12.6. The van der Waals surface area contributed by atoms with Gasteiger partial charge in [-0.2, -0.15) is 0 Å². The van der Waals surface area contributed by atoms with Crippen molar-refractivity contribution in [2.45, 2.75) is 13.3 Å². The molecule has 0 atom stereocenters. The second kappa shape index (κ2) is 4.95. The van der Waals surface area contributed by atoms with E-state index >= 15 is 0 Å². The molecule has 116 valence electrons. The number of hydrogen-bond donors (Lipinski definition) is 3. The first kappa shape index (κ1) is 14.8. The van der Waals surface area contributed by atoms with Crippen LogP contribution in [0.25, 0.3) is 0 Å². The van der Waals surface area contributed by atoms with E-state index in [1.54, 1.807) is 0 Å². The predicted molar refractivity (Wildman–Crippen MR) is 79.1 cm³/mol. The van der Waals surface area contributed by atoms with Crippen LogP contribution in [0.4, 0.5) is 0 Å². The molecule has 0 unspecified atom stereocenters. The van der Waals surface area contributed by atoms with Crippen LogP contribution in [0.5, 0.6) is 17.2 Å². The molecule has 0 amide bonds. The van der Waals surface area contributed by atoms with Crippen molar-refractivity contribution >= 4 is 17.3 Å². The van der Waals surface area contributed by atoms with Crippen LogP contribution in [0, 0.1) is 0 Å². The van der Waals surface area contributed by atoms with Gasteiger partial charge in [-0.15, -0.1) is 0 Å². The highest BCUT2D eigenvalue weighted by Crippen LogP contribution is 2.39. The third kappa shape index (κ3) is 2.24. The highest BCUT2D eigenvalue weighted by molar-refractivity contribution is 6.30. The Morgan fingerprint density at radius 1 is 0.870 bits per heavy atom. The number of benzene rings is 2. The van der Waals surface area contributed by atoms with E-state index in [0.717, 1.165) is 12.1 Å². The van der Waals surface area contributed by atoms with Crippen molar-refractivity contribution < 1.29 is 29.7 Å². The number of carbonyl (C=O) groups excluding carboxylic acids is 3. The smallest absolute Gasteiger partial charge is 0.201 e. The molecule has 23 heavy (non-hydrogen) atoms. The van der Waals surface area contributed by atoms with Gasteiger partial charge in [-0.1, -0.05) is 0 Å². The highest BCUT2D eigenvalue weighted by atomic mass is 16.3. The van der Waals surface area contributed by atoms with Crippen molar-refractivity contribution in [2.24, 2.45) is 0 Å². The summed E-state index contributed by atoms with van der Waals surface area (Å²) in [5.74, 6) is -2.78. The fourth-order valence-electron chi connectivity index (χ4n) is 2.79. The molecule has 0 aliphatic heterocycles. The summed E-state index contributed by atoms with van der Waals surface area (Å²) in [7, 11) is 0. The van der Waals surface area contributed by atoms with Gasteiger partial charge >= 0.3 is 0 Å². The van der Waals surface area contributed by atoms with Gasteiger partial charge in [0.15, 0.2) is 5.78 Å². The zero-order valence-electron chi connectivity index (χ0n) is 12.1. The molecule has 2 aromatic rings. The van der Waals surface area contributed by atoms with Crippen LogP contribution in [0.2, 0.25) is 0 Å². The van der Waals surface area contributed by atoms with E-state index in [4.69, 9.17) is 0 Å². The molecule has 6 nitrogen and oxygen atoms in total. The Morgan fingerprint density at radius 3 is 2.04 bits per heavy atom. The molecular weight excluding hydrogens is 300 g/mol. The van der Waals surface area contributed by atoms with Crippen LogP contribution in [-0.4, -0.2) is 32.7 Å². The van der Waals surface area contributed by atoms with Gasteiger partial charge in [0.25, 0.3) is 0 Å². The molecule has 1 aliphatic rings.